The molecule has 3 aromatic rings. The van der Waals surface area contributed by atoms with Crippen molar-refractivity contribution >= 4 is 33.7 Å². The highest BCUT2D eigenvalue weighted by molar-refractivity contribution is 7.13. The molecular formula is C18H14N4OS2. The first kappa shape index (κ1) is 15.9. The Labute approximate surface area is 153 Å². The number of carbonyl (C=O) groups is 1. The summed E-state index contributed by atoms with van der Waals surface area (Å²) in [5.41, 5.74) is 3.75. The lowest BCUT2D eigenvalue weighted by Gasteiger charge is -2.29. The summed E-state index contributed by atoms with van der Waals surface area (Å²) in [7, 11) is 0. The van der Waals surface area contributed by atoms with E-state index in [1.54, 1.807) is 16.8 Å². The number of nitrogens with zero attached hydrogens (tertiary/aromatic N) is 3. The summed E-state index contributed by atoms with van der Waals surface area (Å²) in [6, 6.07) is 12.0. The number of fused-ring (bicyclic) bond motifs is 1. The molecule has 1 amide bonds. The van der Waals surface area contributed by atoms with Crippen LogP contribution in [0.25, 0.3) is 0 Å². The highest BCUT2D eigenvalue weighted by Gasteiger charge is 2.49. The first-order valence-electron chi connectivity index (χ1n) is 7.76. The number of carbonyl (C=O) groups excluding carboxylic acids is 1. The van der Waals surface area contributed by atoms with Gasteiger partial charge in [-0.15, -0.1) is 21.5 Å². The van der Waals surface area contributed by atoms with Crippen molar-refractivity contribution in [1.29, 1.82) is 5.26 Å². The van der Waals surface area contributed by atoms with Gasteiger partial charge in [0, 0.05) is 10.8 Å². The van der Waals surface area contributed by atoms with E-state index in [4.69, 9.17) is 0 Å². The molecule has 0 bridgehead atoms. The van der Waals surface area contributed by atoms with Crippen molar-refractivity contribution in [3.63, 3.8) is 0 Å². The zero-order valence-corrected chi connectivity index (χ0v) is 15.0. The molecule has 0 unspecified atom stereocenters. The second-order valence-electron chi connectivity index (χ2n) is 6.27. The van der Waals surface area contributed by atoms with E-state index in [9.17, 15) is 10.1 Å². The molecule has 0 aliphatic heterocycles. The number of hydrogen-bond acceptors (Lipinski definition) is 6. The Morgan fingerprint density at radius 2 is 2.28 bits per heavy atom. The van der Waals surface area contributed by atoms with Gasteiger partial charge in [0.1, 0.15) is 5.51 Å². The summed E-state index contributed by atoms with van der Waals surface area (Å²) in [6.45, 7) is 1.99. The predicted octanol–water partition coefficient (Wildman–Crippen LogP) is 3.80. The van der Waals surface area contributed by atoms with Crippen LogP contribution >= 0.6 is 22.7 Å². The molecule has 25 heavy (non-hydrogen) atoms. The van der Waals surface area contributed by atoms with Crippen LogP contribution in [0, 0.1) is 16.7 Å². The molecule has 0 fully saturated rings. The minimum absolute atomic E-state index is 0.0719. The summed E-state index contributed by atoms with van der Waals surface area (Å²) < 4.78 is 0. The minimum atomic E-state index is -0.646. The van der Waals surface area contributed by atoms with Gasteiger partial charge in [-0.1, -0.05) is 23.5 Å². The molecule has 4 rings (SSSR count). The molecule has 1 aliphatic rings. The molecule has 2 aromatic heterocycles. The molecule has 0 saturated carbocycles. The number of benzene rings is 1. The number of anilines is 1. The predicted molar refractivity (Wildman–Crippen MR) is 97.7 cm³/mol. The molecule has 5 nitrogen and oxygen atoms in total. The number of rotatable bonds is 3. The van der Waals surface area contributed by atoms with Gasteiger partial charge in [-0.3, -0.25) is 4.79 Å². The van der Waals surface area contributed by atoms with Gasteiger partial charge < -0.3 is 5.32 Å². The Morgan fingerprint density at radius 3 is 2.96 bits per heavy atom. The first-order valence-corrected chi connectivity index (χ1v) is 9.52. The van der Waals surface area contributed by atoms with Crippen molar-refractivity contribution in [1.82, 2.24) is 10.2 Å². The number of nitriles is 1. The zero-order valence-electron chi connectivity index (χ0n) is 13.4. The second-order valence-corrected chi connectivity index (χ2v) is 8.08. The molecule has 124 valence electrons. The van der Waals surface area contributed by atoms with Gasteiger partial charge in [-0.2, -0.15) is 5.26 Å². The summed E-state index contributed by atoms with van der Waals surface area (Å²) in [5, 5.41) is 22.4. The number of hydrogen-bond donors (Lipinski definition) is 1. The Morgan fingerprint density at radius 1 is 1.40 bits per heavy atom. The maximum atomic E-state index is 13.1. The molecule has 1 N–H and O–H groups in total. The maximum absolute atomic E-state index is 13.1. The lowest BCUT2D eigenvalue weighted by Crippen LogP contribution is -2.37. The van der Waals surface area contributed by atoms with Crippen molar-refractivity contribution in [3.8, 4) is 6.07 Å². The largest absolute Gasteiger partial charge is 0.300 e. The maximum Gasteiger partial charge on any atom is 0.233 e. The van der Waals surface area contributed by atoms with Gasteiger partial charge in [-0.25, -0.2) is 0 Å². The molecular weight excluding hydrogens is 352 g/mol. The van der Waals surface area contributed by atoms with E-state index in [0.29, 0.717) is 17.1 Å². The molecule has 7 heteroatoms. The monoisotopic (exact) mass is 366 g/mol. The second kappa shape index (κ2) is 6.06. The van der Waals surface area contributed by atoms with Gasteiger partial charge in [0.2, 0.25) is 11.0 Å². The van der Waals surface area contributed by atoms with E-state index < -0.39 is 5.41 Å². The molecule has 1 aromatic carbocycles. The van der Waals surface area contributed by atoms with Crippen LogP contribution in [-0.2, 0) is 11.2 Å². The van der Waals surface area contributed by atoms with Crippen molar-refractivity contribution in [2.75, 3.05) is 5.32 Å². The summed E-state index contributed by atoms with van der Waals surface area (Å²) in [5.74, 6) is -0.152. The fourth-order valence-electron chi connectivity index (χ4n) is 3.54. The summed E-state index contributed by atoms with van der Waals surface area (Å²) in [4.78, 5) is 14.3. The van der Waals surface area contributed by atoms with Crippen molar-refractivity contribution in [2.24, 2.45) is 5.41 Å². The Hall–Kier alpha value is -2.56. The summed E-state index contributed by atoms with van der Waals surface area (Å²) >= 11 is 2.94. The molecule has 0 spiro atoms. The molecule has 1 aliphatic carbocycles. The van der Waals surface area contributed by atoms with Gasteiger partial charge in [-0.05, 0) is 48.1 Å². The average Bonchev–Trinajstić information content (AvgIpc) is 3.33. The van der Waals surface area contributed by atoms with Gasteiger partial charge >= 0.3 is 0 Å². The fourth-order valence-corrected chi connectivity index (χ4v) is 4.97. The number of nitrogens with one attached hydrogen (secondary N) is 1. The minimum Gasteiger partial charge on any atom is -0.300 e. The highest BCUT2D eigenvalue weighted by Crippen LogP contribution is 2.52. The SMILES string of the molecule is C[C@]1(C(=O)Nc2nncs2)Cc2ccc(C#N)cc2[C@H]1c1cccs1. The lowest BCUT2D eigenvalue weighted by molar-refractivity contribution is -0.125. The topological polar surface area (TPSA) is 78.7 Å². The number of aromatic nitrogens is 2. The van der Waals surface area contributed by atoms with Crippen LogP contribution in [0.15, 0.2) is 41.2 Å². The normalized spacial score (nSPS) is 21.5. The summed E-state index contributed by atoms with van der Waals surface area (Å²) in [6.07, 6.45) is 0.626. The van der Waals surface area contributed by atoms with E-state index >= 15 is 0 Å². The average molecular weight is 366 g/mol. The molecule has 0 radical (unpaired) electrons. The quantitative estimate of drug-likeness (QED) is 0.764. The van der Waals surface area contributed by atoms with Crippen LogP contribution in [0.5, 0.6) is 0 Å². The third-order valence-electron chi connectivity index (χ3n) is 4.71. The van der Waals surface area contributed by atoms with Crippen LogP contribution in [0.2, 0.25) is 0 Å². The van der Waals surface area contributed by atoms with Crippen LogP contribution in [-0.4, -0.2) is 16.1 Å². The zero-order chi connectivity index (χ0) is 17.4. The van der Waals surface area contributed by atoms with Crippen molar-refractivity contribution < 1.29 is 4.79 Å². The third kappa shape index (κ3) is 2.64. The number of amides is 1. The number of thiophene rings is 1. The van der Waals surface area contributed by atoms with Crippen LogP contribution in [0.4, 0.5) is 5.13 Å². The van der Waals surface area contributed by atoms with Crippen LogP contribution < -0.4 is 5.32 Å². The van der Waals surface area contributed by atoms with Gasteiger partial charge in [0.15, 0.2) is 0 Å². The third-order valence-corrected chi connectivity index (χ3v) is 6.25. The van der Waals surface area contributed by atoms with Gasteiger partial charge in [0.05, 0.1) is 17.0 Å². The van der Waals surface area contributed by atoms with Crippen LogP contribution in [0.1, 0.15) is 34.4 Å². The highest BCUT2D eigenvalue weighted by atomic mass is 32.1. The molecule has 2 heterocycles. The van der Waals surface area contributed by atoms with E-state index in [-0.39, 0.29) is 11.8 Å². The Bertz CT molecular complexity index is 960. The van der Waals surface area contributed by atoms with Crippen molar-refractivity contribution in [2.45, 2.75) is 19.3 Å². The molecule has 0 saturated heterocycles. The molecule has 2 atom stereocenters. The Balaban J connectivity index is 1.79. The smallest absolute Gasteiger partial charge is 0.233 e. The first-order chi connectivity index (χ1) is 12.1. The van der Waals surface area contributed by atoms with E-state index in [2.05, 4.69) is 27.6 Å². The van der Waals surface area contributed by atoms with E-state index in [1.807, 2.05) is 36.6 Å². The van der Waals surface area contributed by atoms with Crippen molar-refractivity contribution in [3.05, 3.63) is 62.8 Å². The van der Waals surface area contributed by atoms with E-state index in [1.165, 1.54) is 11.3 Å². The lowest BCUT2D eigenvalue weighted by atomic mass is 9.76. The Kier molecular flexibility index (Phi) is 3.86. The van der Waals surface area contributed by atoms with E-state index in [0.717, 1.165) is 16.0 Å². The van der Waals surface area contributed by atoms with Crippen LogP contribution in [0.3, 0.4) is 0 Å². The standard InChI is InChI=1S/C18H14N4OS2/c1-18(16(23)21-17-22-20-10-25-17)8-12-5-4-11(9-19)7-13(12)15(18)14-3-2-6-24-14/h2-7,10,15H,8H2,1H3,(H,21,22,23)/t15-,18-/m0/s1. The van der Waals surface area contributed by atoms with Gasteiger partial charge in [0.25, 0.3) is 0 Å². The fraction of sp³-hybridized carbons (Fsp3) is 0.222.